The van der Waals surface area contributed by atoms with E-state index >= 15 is 0 Å². The summed E-state index contributed by atoms with van der Waals surface area (Å²) in [6, 6.07) is 34.4. The number of rotatable bonds is 5. The molecule has 0 atom stereocenters. The molecule has 1 aromatic heterocycles. The average Bonchev–Trinajstić information content (AvgIpc) is 3.48. The number of aromatic nitrogens is 1. The summed E-state index contributed by atoms with van der Waals surface area (Å²) in [5.74, 6) is 1.45. The first-order valence-electron chi connectivity index (χ1n) is 14.9. The first kappa shape index (κ1) is 27.0. The zero-order valence-electron chi connectivity index (χ0n) is 24.6. The Kier molecular flexibility index (Phi) is 7.17. The van der Waals surface area contributed by atoms with Crippen LogP contribution < -0.4 is 19.4 Å². The van der Waals surface area contributed by atoms with Crippen LogP contribution in [0.4, 0.5) is 27.7 Å². The van der Waals surface area contributed by atoms with E-state index in [2.05, 4.69) is 65.4 Å². The number of hydrogen-bond acceptors (Lipinski definition) is 5. The van der Waals surface area contributed by atoms with Gasteiger partial charge in [0.2, 0.25) is 0 Å². The highest BCUT2D eigenvalue weighted by atomic mass is 16.5. The summed E-state index contributed by atoms with van der Waals surface area (Å²) in [6.07, 6.45) is 0.770. The predicted molar refractivity (Wildman–Crippen MR) is 175 cm³/mol. The van der Waals surface area contributed by atoms with Crippen molar-refractivity contribution in [3.05, 3.63) is 109 Å². The van der Waals surface area contributed by atoms with E-state index in [1.54, 1.807) is 12.0 Å². The number of fused-ring (bicyclic) bond motifs is 2. The number of urea groups is 1. The second-order valence-corrected chi connectivity index (χ2v) is 11.2. The third-order valence-electron chi connectivity index (χ3n) is 8.58. The van der Waals surface area contributed by atoms with Crippen LogP contribution in [0.1, 0.15) is 5.56 Å². The van der Waals surface area contributed by atoms with Crippen molar-refractivity contribution in [3.63, 3.8) is 0 Å². The van der Waals surface area contributed by atoms with Crippen LogP contribution in [0.25, 0.3) is 22.0 Å². The second kappa shape index (κ2) is 11.4. The van der Waals surface area contributed by atoms with E-state index in [4.69, 9.17) is 9.72 Å². The van der Waals surface area contributed by atoms with Gasteiger partial charge >= 0.3 is 6.03 Å². The molecule has 7 heteroatoms. The van der Waals surface area contributed by atoms with Gasteiger partial charge in [0.1, 0.15) is 11.6 Å². The second-order valence-electron chi connectivity index (χ2n) is 11.2. The van der Waals surface area contributed by atoms with Crippen molar-refractivity contribution in [3.8, 4) is 16.9 Å². The molecule has 7 rings (SSSR count). The normalized spacial score (nSPS) is 15.0. The number of benzene rings is 4. The van der Waals surface area contributed by atoms with Gasteiger partial charge in [-0.1, -0.05) is 66.7 Å². The number of hydrogen-bond donors (Lipinski definition) is 0. The van der Waals surface area contributed by atoms with Crippen molar-refractivity contribution >= 4 is 39.8 Å². The Bertz CT molecular complexity index is 1770. The quantitative estimate of drug-likeness (QED) is 0.229. The number of piperazine rings is 1. The van der Waals surface area contributed by atoms with Crippen molar-refractivity contribution in [1.29, 1.82) is 0 Å². The maximum Gasteiger partial charge on any atom is 0.334 e. The van der Waals surface area contributed by atoms with E-state index < -0.39 is 0 Å². The monoisotopic (exact) mass is 569 g/mol. The van der Waals surface area contributed by atoms with Gasteiger partial charge in [0.15, 0.2) is 0 Å². The minimum absolute atomic E-state index is 0.122. The number of nitrogens with zero attached hydrogens (tertiary/aromatic N) is 5. The van der Waals surface area contributed by atoms with E-state index in [1.807, 2.05) is 59.5 Å². The zero-order chi connectivity index (χ0) is 29.3. The van der Waals surface area contributed by atoms with Crippen LogP contribution in [-0.4, -0.2) is 62.8 Å². The molecule has 3 heterocycles. The minimum Gasteiger partial charge on any atom is -0.495 e. The highest BCUT2D eigenvalue weighted by molar-refractivity contribution is 6.10. The molecule has 0 bridgehead atoms. The molecule has 2 aliphatic heterocycles. The van der Waals surface area contributed by atoms with Crippen molar-refractivity contribution in [1.82, 2.24) is 9.88 Å². The molecule has 216 valence electrons. The molecule has 0 radical (unpaired) electrons. The fourth-order valence-corrected chi connectivity index (χ4v) is 6.21. The largest absolute Gasteiger partial charge is 0.495 e. The van der Waals surface area contributed by atoms with E-state index in [-0.39, 0.29) is 6.03 Å². The van der Waals surface area contributed by atoms with Gasteiger partial charge in [-0.3, -0.25) is 4.90 Å². The van der Waals surface area contributed by atoms with Gasteiger partial charge in [0, 0.05) is 43.7 Å². The molecule has 2 aliphatic rings. The first-order chi connectivity index (χ1) is 21.1. The van der Waals surface area contributed by atoms with Crippen molar-refractivity contribution in [2.45, 2.75) is 6.42 Å². The van der Waals surface area contributed by atoms with E-state index in [0.717, 1.165) is 83.0 Å². The number of carbonyl (C=O) groups is 1. The third-order valence-corrected chi connectivity index (χ3v) is 8.58. The fourth-order valence-electron chi connectivity index (χ4n) is 6.21. The number of carbonyl (C=O) groups excluding carboxylic acids is 1. The van der Waals surface area contributed by atoms with Gasteiger partial charge in [-0.2, -0.15) is 0 Å². The van der Waals surface area contributed by atoms with Crippen molar-refractivity contribution in [2.24, 2.45) is 0 Å². The summed E-state index contributed by atoms with van der Waals surface area (Å²) in [6.45, 7) is 4.41. The lowest BCUT2D eigenvalue weighted by molar-refractivity contribution is 0.254. The van der Waals surface area contributed by atoms with E-state index in [9.17, 15) is 4.79 Å². The van der Waals surface area contributed by atoms with Gasteiger partial charge in [0.25, 0.3) is 0 Å². The molecule has 43 heavy (non-hydrogen) atoms. The van der Waals surface area contributed by atoms with Gasteiger partial charge in [-0.25, -0.2) is 14.7 Å². The molecule has 0 unspecified atom stereocenters. The van der Waals surface area contributed by atoms with Crippen LogP contribution in [0.15, 0.2) is 103 Å². The molecule has 0 N–H and O–H groups in total. The molecular formula is C36H35N5O2. The van der Waals surface area contributed by atoms with Crippen LogP contribution in [-0.2, 0) is 6.42 Å². The SMILES string of the molecule is COc1cc2c(cc1N1CCN(C)CC1)N(C(=O)N(c1ccccc1)c1ccc3cccc(-c4ccccc4)c3n1)CC2. The summed E-state index contributed by atoms with van der Waals surface area (Å²) < 4.78 is 5.84. The van der Waals surface area contributed by atoms with Gasteiger partial charge in [-0.15, -0.1) is 0 Å². The highest BCUT2D eigenvalue weighted by Crippen LogP contribution is 2.41. The van der Waals surface area contributed by atoms with Crippen LogP contribution >= 0.6 is 0 Å². The molecule has 5 aromatic rings. The van der Waals surface area contributed by atoms with Crippen LogP contribution in [0.3, 0.4) is 0 Å². The Morgan fingerprint density at radius 3 is 2.28 bits per heavy atom. The number of para-hydroxylation sites is 2. The van der Waals surface area contributed by atoms with Gasteiger partial charge < -0.3 is 14.5 Å². The summed E-state index contributed by atoms with van der Waals surface area (Å²) in [7, 11) is 3.88. The number of ether oxygens (including phenoxy) is 1. The summed E-state index contributed by atoms with van der Waals surface area (Å²) in [4.78, 5) is 28.1. The van der Waals surface area contributed by atoms with E-state index in [0.29, 0.717) is 12.4 Å². The summed E-state index contributed by atoms with van der Waals surface area (Å²) in [5.41, 5.74) is 6.86. The van der Waals surface area contributed by atoms with E-state index in [1.165, 1.54) is 0 Å². The number of amides is 2. The molecule has 4 aromatic carbocycles. The summed E-state index contributed by atoms with van der Waals surface area (Å²) in [5, 5.41) is 1.03. The molecule has 7 nitrogen and oxygen atoms in total. The topological polar surface area (TPSA) is 52.2 Å². The fraction of sp³-hybridized carbons (Fsp3) is 0.222. The molecule has 2 amide bonds. The lowest BCUT2D eigenvalue weighted by Gasteiger charge is -2.35. The van der Waals surface area contributed by atoms with Crippen LogP contribution in [0.2, 0.25) is 0 Å². The minimum atomic E-state index is -0.122. The number of methoxy groups -OCH3 is 1. The number of anilines is 4. The molecule has 0 spiro atoms. The lowest BCUT2D eigenvalue weighted by atomic mass is 10.0. The Morgan fingerprint density at radius 2 is 1.53 bits per heavy atom. The molecule has 0 aliphatic carbocycles. The van der Waals surface area contributed by atoms with Crippen LogP contribution in [0, 0.1) is 0 Å². The predicted octanol–water partition coefficient (Wildman–Crippen LogP) is 6.98. The molecule has 0 saturated carbocycles. The number of likely N-dealkylation sites (N-methyl/N-ethyl adjacent to an activating group) is 1. The molecule has 1 saturated heterocycles. The summed E-state index contributed by atoms with van der Waals surface area (Å²) >= 11 is 0. The van der Waals surface area contributed by atoms with Crippen LogP contribution in [0.5, 0.6) is 5.75 Å². The van der Waals surface area contributed by atoms with Crippen molar-refractivity contribution < 1.29 is 9.53 Å². The lowest BCUT2D eigenvalue weighted by Crippen LogP contribution is -2.44. The highest BCUT2D eigenvalue weighted by Gasteiger charge is 2.33. The Morgan fingerprint density at radius 1 is 0.791 bits per heavy atom. The maximum absolute atomic E-state index is 14.6. The average molecular weight is 570 g/mol. The number of pyridine rings is 1. The standard InChI is InChI=1S/C36H35N5O2/c1-38-20-22-39(23-21-38)32-25-31-28(24-33(32)43-2)18-19-40(31)36(42)41(29-13-7-4-8-14-29)34-17-16-27-12-9-15-30(35(27)37-34)26-10-5-3-6-11-26/h3-17,24-25H,18-23H2,1-2H3. The molecular weight excluding hydrogens is 534 g/mol. The van der Waals surface area contributed by atoms with Gasteiger partial charge in [0.05, 0.1) is 29.7 Å². The zero-order valence-corrected chi connectivity index (χ0v) is 24.6. The Balaban J connectivity index is 1.31. The Labute approximate surface area is 252 Å². The van der Waals surface area contributed by atoms with Crippen molar-refractivity contribution in [2.75, 3.05) is 61.6 Å². The smallest absolute Gasteiger partial charge is 0.334 e. The first-order valence-corrected chi connectivity index (χ1v) is 14.9. The third kappa shape index (κ3) is 5.06. The van der Waals surface area contributed by atoms with Gasteiger partial charge in [-0.05, 0) is 61.0 Å². The molecule has 1 fully saturated rings. The maximum atomic E-state index is 14.6. The Hall–Kier alpha value is -4.88.